The average molecular weight is 464 g/mol. The van der Waals surface area contributed by atoms with Crippen molar-refractivity contribution < 1.29 is 18.0 Å². The van der Waals surface area contributed by atoms with Gasteiger partial charge in [0, 0.05) is 18.3 Å². The molecule has 31 heavy (non-hydrogen) atoms. The maximum Gasteiger partial charge on any atom is 0.451 e. The van der Waals surface area contributed by atoms with Crippen LogP contribution in [0.25, 0.3) is 20.8 Å². The van der Waals surface area contributed by atoms with Crippen LogP contribution in [0.2, 0.25) is 0 Å². The number of nitrogens with zero attached hydrogens (tertiary/aromatic N) is 4. The van der Waals surface area contributed by atoms with Gasteiger partial charge in [0.25, 0.3) is 0 Å². The molecule has 4 rings (SSSR count). The third-order valence-electron chi connectivity index (χ3n) is 4.38. The summed E-state index contributed by atoms with van der Waals surface area (Å²) in [5.41, 5.74) is 3.64. The lowest BCUT2D eigenvalue weighted by molar-refractivity contribution is -0.147. The summed E-state index contributed by atoms with van der Waals surface area (Å²) in [6.07, 6.45) is -4.59. The number of aryl methyl sites for hydroxylation is 1. The summed E-state index contributed by atoms with van der Waals surface area (Å²) < 4.78 is 40.2. The smallest absolute Gasteiger partial charge is 0.325 e. The minimum atomic E-state index is -4.59. The Kier molecular flexibility index (Phi) is 5.71. The number of hydrogen-bond donors (Lipinski definition) is 1. The molecule has 11 heteroatoms. The van der Waals surface area contributed by atoms with Crippen molar-refractivity contribution in [3.8, 4) is 10.6 Å². The number of anilines is 1. The van der Waals surface area contributed by atoms with E-state index in [-0.39, 0.29) is 16.8 Å². The van der Waals surface area contributed by atoms with Gasteiger partial charge in [0.15, 0.2) is 5.16 Å². The Morgan fingerprint density at radius 1 is 1.16 bits per heavy atom. The number of thiazole rings is 1. The SMILES string of the molecule is Cc1ccc2nc(-c3ccc(NC(=O)CSc4nnc(C(F)(F)F)n4C)cc3)sc2c1. The zero-order chi connectivity index (χ0) is 22.2. The Balaban J connectivity index is 1.38. The highest BCUT2D eigenvalue weighted by Gasteiger charge is 2.37. The van der Waals surface area contributed by atoms with Crippen LogP contribution in [0, 0.1) is 6.92 Å². The highest BCUT2D eigenvalue weighted by Crippen LogP contribution is 2.32. The van der Waals surface area contributed by atoms with Crippen LogP contribution in [0.4, 0.5) is 18.9 Å². The molecule has 2 aromatic heterocycles. The molecular formula is C20H16F3N5OS2. The lowest BCUT2D eigenvalue weighted by Gasteiger charge is -2.07. The van der Waals surface area contributed by atoms with E-state index in [0.29, 0.717) is 5.69 Å². The molecule has 0 saturated carbocycles. The minimum absolute atomic E-state index is 0.0175. The fourth-order valence-corrected chi connectivity index (χ4v) is 4.65. The number of alkyl halides is 3. The first-order valence-electron chi connectivity index (χ1n) is 9.07. The van der Waals surface area contributed by atoms with Crippen LogP contribution in [0.3, 0.4) is 0 Å². The third-order valence-corrected chi connectivity index (χ3v) is 6.47. The maximum atomic E-state index is 12.8. The first kappa shape index (κ1) is 21.3. The summed E-state index contributed by atoms with van der Waals surface area (Å²) in [4.78, 5) is 16.8. The number of benzene rings is 2. The van der Waals surface area contributed by atoms with Gasteiger partial charge in [-0.15, -0.1) is 21.5 Å². The van der Waals surface area contributed by atoms with E-state index in [1.807, 2.05) is 31.2 Å². The van der Waals surface area contributed by atoms with Gasteiger partial charge in [0.2, 0.25) is 11.7 Å². The van der Waals surface area contributed by atoms with E-state index in [0.717, 1.165) is 37.1 Å². The Labute approximate surface area is 183 Å². The van der Waals surface area contributed by atoms with Crippen LogP contribution in [-0.2, 0) is 18.0 Å². The summed E-state index contributed by atoms with van der Waals surface area (Å²) in [7, 11) is 1.21. The molecule has 0 saturated heterocycles. The lowest BCUT2D eigenvalue weighted by Crippen LogP contribution is -2.15. The monoisotopic (exact) mass is 463 g/mol. The molecule has 0 fully saturated rings. The normalized spacial score (nSPS) is 11.8. The molecule has 0 atom stereocenters. The van der Waals surface area contributed by atoms with Crippen molar-refractivity contribution in [3.05, 3.63) is 53.9 Å². The standard InChI is InChI=1S/C20H16F3N5OS2/c1-11-3-8-14-15(9-11)31-17(25-14)12-4-6-13(7-5-12)24-16(29)10-30-19-27-26-18(28(19)2)20(21,22)23/h3-9H,10H2,1-2H3,(H,24,29). The summed E-state index contributed by atoms with van der Waals surface area (Å²) in [5, 5.41) is 10.3. The number of rotatable bonds is 5. The Bertz CT molecular complexity index is 1250. The van der Waals surface area contributed by atoms with E-state index in [4.69, 9.17) is 0 Å². The number of nitrogens with one attached hydrogen (secondary N) is 1. The Morgan fingerprint density at radius 3 is 2.58 bits per heavy atom. The van der Waals surface area contributed by atoms with Gasteiger partial charge < -0.3 is 9.88 Å². The molecule has 0 aliphatic rings. The second-order valence-electron chi connectivity index (χ2n) is 6.77. The number of fused-ring (bicyclic) bond motifs is 1. The quantitative estimate of drug-likeness (QED) is 0.415. The van der Waals surface area contributed by atoms with Crippen molar-refractivity contribution in [3.63, 3.8) is 0 Å². The topological polar surface area (TPSA) is 72.7 Å². The molecule has 0 radical (unpaired) electrons. The molecule has 0 spiro atoms. The van der Waals surface area contributed by atoms with E-state index in [9.17, 15) is 18.0 Å². The van der Waals surface area contributed by atoms with Crippen molar-refractivity contribution in [2.24, 2.45) is 7.05 Å². The van der Waals surface area contributed by atoms with Crippen LogP contribution < -0.4 is 5.32 Å². The van der Waals surface area contributed by atoms with Gasteiger partial charge >= 0.3 is 6.18 Å². The van der Waals surface area contributed by atoms with E-state index in [1.165, 1.54) is 12.6 Å². The van der Waals surface area contributed by atoms with Crippen LogP contribution in [-0.4, -0.2) is 31.4 Å². The molecule has 0 aliphatic heterocycles. The van der Waals surface area contributed by atoms with Crippen molar-refractivity contribution in [2.75, 3.05) is 11.1 Å². The van der Waals surface area contributed by atoms with Crippen LogP contribution in [0.1, 0.15) is 11.4 Å². The third kappa shape index (κ3) is 4.72. The van der Waals surface area contributed by atoms with E-state index in [1.54, 1.807) is 23.5 Å². The molecular weight excluding hydrogens is 447 g/mol. The van der Waals surface area contributed by atoms with Crippen molar-refractivity contribution in [1.82, 2.24) is 19.7 Å². The molecule has 160 valence electrons. The zero-order valence-corrected chi connectivity index (χ0v) is 18.0. The number of amides is 1. The molecule has 1 N–H and O–H groups in total. The summed E-state index contributed by atoms with van der Waals surface area (Å²) in [5.74, 6) is -1.55. The highest BCUT2D eigenvalue weighted by atomic mass is 32.2. The van der Waals surface area contributed by atoms with Crippen molar-refractivity contribution in [2.45, 2.75) is 18.3 Å². The zero-order valence-electron chi connectivity index (χ0n) is 16.4. The lowest BCUT2D eigenvalue weighted by atomic mass is 10.2. The number of halogens is 3. The van der Waals surface area contributed by atoms with E-state index < -0.39 is 12.0 Å². The molecule has 2 aromatic carbocycles. The van der Waals surface area contributed by atoms with Gasteiger partial charge in [-0.2, -0.15) is 13.2 Å². The minimum Gasteiger partial charge on any atom is -0.325 e. The maximum absolute atomic E-state index is 12.8. The summed E-state index contributed by atoms with van der Waals surface area (Å²) in [6.45, 7) is 2.04. The summed E-state index contributed by atoms with van der Waals surface area (Å²) in [6, 6.07) is 13.4. The van der Waals surface area contributed by atoms with E-state index in [2.05, 4.69) is 26.6 Å². The van der Waals surface area contributed by atoms with Gasteiger partial charge in [-0.25, -0.2) is 4.98 Å². The van der Waals surface area contributed by atoms with E-state index >= 15 is 0 Å². The number of carbonyl (C=O) groups is 1. The molecule has 0 bridgehead atoms. The van der Waals surface area contributed by atoms with Crippen molar-refractivity contribution >= 4 is 44.9 Å². The number of thioether (sulfide) groups is 1. The number of carbonyl (C=O) groups excluding carboxylic acids is 1. The highest BCUT2D eigenvalue weighted by molar-refractivity contribution is 7.99. The Morgan fingerprint density at radius 2 is 1.90 bits per heavy atom. The molecule has 4 aromatic rings. The van der Waals surface area contributed by atoms with Gasteiger partial charge in [0.05, 0.1) is 16.0 Å². The number of aromatic nitrogens is 4. The first-order valence-corrected chi connectivity index (χ1v) is 10.9. The number of hydrogen-bond acceptors (Lipinski definition) is 6. The van der Waals surface area contributed by atoms with Gasteiger partial charge in [-0.05, 0) is 48.9 Å². The van der Waals surface area contributed by atoms with Crippen molar-refractivity contribution in [1.29, 1.82) is 0 Å². The predicted octanol–water partition coefficient (Wildman–Crippen LogP) is 5.15. The Hall–Kier alpha value is -2.92. The first-order chi connectivity index (χ1) is 14.7. The van der Waals surface area contributed by atoms with Crippen LogP contribution >= 0.6 is 23.1 Å². The average Bonchev–Trinajstić information content (AvgIpc) is 3.29. The van der Waals surface area contributed by atoms with Crippen LogP contribution in [0.5, 0.6) is 0 Å². The second kappa shape index (κ2) is 8.31. The fraction of sp³-hybridized carbons (Fsp3) is 0.200. The molecule has 0 aliphatic carbocycles. The van der Waals surface area contributed by atoms with Gasteiger partial charge in [0.1, 0.15) is 5.01 Å². The second-order valence-corrected chi connectivity index (χ2v) is 8.74. The van der Waals surface area contributed by atoms with Gasteiger partial charge in [-0.3, -0.25) is 4.79 Å². The fourth-order valence-electron chi connectivity index (χ4n) is 2.87. The predicted molar refractivity (Wildman–Crippen MR) is 115 cm³/mol. The molecule has 0 unspecified atom stereocenters. The summed E-state index contributed by atoms with van der Waals surface area (Å²) >= 11 is 2.48. The molecule has 6 nitrogen and oxygen atoms in total. The molecule has 1 amide bonds. The molecule has 2 heterocycles. The van der Waals surface area contributed by atoms with Gasteiger partial charge in [-0.1, -0.05) is 17.8 Å². The van der Waals surface area contributed by atoms with Crippen LogP contribution in [0.15, 0.2) is 47.6 Å². The largest absolute Gasteiger partial charge is 0.451 e.